The van der Waals surface area contributed by atoms with Gasteiger partial charge in [-0.2, -0.15) is 0 Å². The molecule has 0 spiro atoms. The quantitative estimate of drug-likeness (QED) is 0.619. The minimum Gasteiger partial charge on any atom is -0.0648 e. The summed E-state index contributed by atoms with van der Waals surface area (Å²) < 4.78 is 0. The van der Waals surface area contributed by atoms with Gasteiger partial charge in [0.1, 0.15) is 0 Å². The standard InChI is InChI=1S/C18H30/c1-9-13(2)15-12-14(17(3,4)5)10-11-16(15)18(6,7)8/h10-13H,9H2,1-8H3. The Kier molecular flexibility index (Phi) is 4.30. The summed E-state index contributed by atoms with van der Waals surface area (Å²) >= 11 is 0. The van der Waals surface area contributed by atoms with Crippen molar-refractivity contribution in [2.24, 2.45) is 0 Å². The van der Waals surface area contributed by atoms with E-state index in [0.717, 1.165) is 0 Å². The van der Waals surface area contributed by atoms with Crippen molar-refractivity contribution in [3.63, 3.8) is 0 Å². The van der Waals surface area contributed by atoms with Crippen LogP contribution in [0.2, 0.25) is 0 Å². The summed E-state index contributed by atoms with van der Waals surface area (Å²) in [5.41, 5.74) is 4.96. The molecule has 0 bridgehead atoms. The number of hydrogen-bond acceptors (Lipinski definition) is 0. The first-order valence-electron chi connectivity index (χ1n) is 7.22. The molecular formula is C18H30. The van der Waals surface area contributed by atoms with Crippen LogP contribution in [0.5, 0.6) is 0 Å². The average molecular weight is 246 g/mol. The lowest BCUT2D eigenvalue weighted by Crippen LogP contribution is -2.18. The lowest BCUT2D eigenvalue weighted by molar-refractivity contribution is 0.559. The molecule has 0 saturated carbocycles. The fraction of sp³-hybridized carbons (Fsp3) is 0.667. The molecule has 0 aliphatic carbocycles. The molecule has 0 heteroatoms. The van der Waals surface area contributed by atoms with Crippen LogP contribution in [-0.2, 0) is 10.8 Å². The van der Waals surface area contributed by atoms with Crippen LogP contribution in [0.25, 0.3) is 0 Å². The molecule has 0 N–H and O–H groups in total. The predicted octanol–water partition coefficient (Wildman–Crippen LogP) is 5.80. The van der Waals surface area contributed by atoms with Gasteiger partial charge in [-0.1, -0.05) is 73.6 Å². The molecule has 0 fully saturated rings. The Morgan fingerprint density at radius 1 is 0.944 bits per heavy atom. The van der Waals surface area contributed by atoms with Crippen molar-refractivity contribution in [3.05, 3.63) is 34.9 Å². The highest BCUT2D eigenvalue weighted by molar-refractivity contribution is 5.40. The monoisotopic (exact) mass is 246 g/mol. The molecule has 1 unspecified atom stereocenters. The van der Waals surface area contributed by atoms with Gasteiger partial charge in [0.15, 0.2) is 0 Å². The number of rotatable bonds is 2. The predicted molar refractivity (Wildman–Crippen MR) is 82.5 cm³/mol. The summed E-state index contributed by atoms with van der Waals surface area (Å²) in [5, 5.41) is 0. The lowest BCUT2D eigenvalue weighted by Gasteiger charge is -2.29. The van der Waals surface area contributed by atoms with Gasteiger partial charge < -0.3 is 0 Å². The van der Waals surface area contributed by atoms with Crippen molar-refractivity contribution in [1.29, 1.82) is 0 Å². The zero-order chi connectivity index (χ0) is 14.1. The van der Waals surface area contributed by atoms with E-state index in [2.05, 4.69) is 73.6 Å². The van der Waals surface area contributed by atoms with Crippen molar-refractivity contribution in [3.8, 4) is 0 Å². The Hall–Kier alpha value is -0.780. The highest BCUT2D eigenvalue weighted by atomic mass is 14.3. The van der Waals surface area contributed by atoms with Gasteiger partial charge in [0.05, 0.1) is 0 Å². The van der Waals surface area contributed by atoms with Gasteiger partial charge in [-0.3, -0.25) is 0 Å². The second-order valence-electron chi connectivity index (χ2n) is 7.61. The number of benzene rings is 1. The maximum absolute atomic E-state index is 2.44. The molecule has 1 aromatic carbocycles. The fourth-order valence-corrected chi connectivity index (χ4v) is 2.34. The minimum atomic E-state index is 0.231. The largest absolute Gasteiger partial charge is 0.0648 e. The normalized spacial score (nSPS) is 14.7. The first kappa shape index (κ1) is 15.3. The molecule has 0 aliphatic heterocycles. The molecular weight excluding hydrogens is 216 g/mol. The Morgan fingerprint density at radius 3 is 1.89 bits per heavy atom. The van der Waals surface area contributed by atoms with Crippen LogP contribution in [0.1, 0.15) is 84.4 Å². The molecule has 0 radical (unpaired) electrons. The van der Waals surface area contributed by atoms with Crippen LogP contribution in [0, 0.1) is 0 Å². The van der Waals surface area contributed by atoms with E-state index in [-0.39, 0.29) is 10.8 Å². The molecule has 0 nitrogen and oxygen atoms in total. The summed E-state index contributed by atoms with van der Waals surface area (Å²) in [5.74, 6) is 0.640. The Morgan fingerprint density at radius 2 is 1.50 bits per heavy atom. The van der Waals surface area contributed by atoms with E-state index in [1.807, 2.05) is 0 Å². The average Bonchev–Trinajstić information content (AvgIpc) is 2.24. The highest BCUT2D eigenvalue weighted by Gasteiger charge is 2.23. The van der Waals surface area contributed by atoms with Crippen LogP contribution in [0.3, 0.4) is 0 Å². The zero-order valence-electron chi connectivity index (χ0n) is 13.5. The summed E-state index contributed by atoms with van der Waals surface area (Å²) in [6.07, 6.45) is 1.21. The van der Waals surface area contributed by atoms with E-state index in [1.165, 1.54) is 23.1 Å². The molecule has 1 atom stereocenters. The molecule has 0 saturated heterocycles. The van der Waals surface area contributed by atoms with Crippen molar-refractivity contribution in [2.75, 3.05) is 0 Å². The van der Waals surface area contributed by atoms with Crippen LogP contribution in [0.15, 0.2) is 18.2 Å². The van der Waals surface area contributed by atoms with Gasteiger partial charge in [-0.25, -0.2) is 0 Å². The third-order valence-electron chi connectivity index (χ3n) is 3.87. The second kappa shape index (κ2) is 5.07. The van der Waals surface area contributed by atoms with Crippen LogP contribution in [0.4, 0.5) is 0 Å². The van der Waals surface area contributed by atoms with E-state index in [4.69, 9.17) is 0 Å². The molecule has 18 heavy (non-hydrogen) atoms. The summed E-state index contributed by atoms with van der Waals surface area (Å²) in [6, 6.07) is 7.10. The SMILES string of the molecule is CCC(C)c1cc(C(C)(C)C)ccc1C(C)(C)C. The van der Waals surface area contributed by atoms with E-state index < -0.39 is 0 Å². The van der Waals surface area contributed by atoms with E-state index in [0.29, 0.717) is 5.92 Å². The Labute approximate surface area is 114 Å². The van der Waals surface area contributed by atoms with Gasteiger partial charge in [0.25, 0.3) is 0 Å². The van der Waals surface area contributed by atoms with Gasteiger partial charge in [0.2, 0.25) is 0 Å². The molecule has 102 valence electrons. The van der Waals surface area contributed by atoms with E-state index >= 15 is 0 Å². The van der Waals surface area contributed by atoms with Gasteiger partial charge >= 0.3 is 0 Å². The fourth-order valence-electron chi connectivity index (χ4n) is 2.34. The summed E-state index contributed by atoms with van der Waals surface area (Å²) in [7, 11) is 0. The zero-order valence-corrected chi connectivity index (χ0v) is 13.5. The minimum absolute atomic E-state index is 0.231. The number of hydrogen-bond donors (Lipinski definition) is 0. The molecule has 1 aromatic rings. The third kappa shape index (κ3) is 3.37. The summed E-state index contributed by atoms with van der Waals surface area (Å²) in [6.45, 7) is 18.4. The topological polar surface area (TPSA) is 0 Å². The molecule has 0 aliphatic rings. The maximum Gasteiger partial charge on any atom is -0.0129 e. The highest BCUT2D eigenvalue weighted by Crippen LogP contribution is 2.35. The van der Waals surface area contributed by atoms with Gasteiger partial charge in [0, 0.05) is 0 Å². The lowest BCUT2D eigenvalue weighted by atomic mass is 9.76. The second-order valence-corrected chi connectivity index (χ2v) is 7.61. The van der Waals surface area contributed by atoms with Crippen LogP contribution >= 0.6 is 0 Å². The Balaban J connectivity index is 3.39. The van der Waals surface area contributed by atoms with Crippen molar-refractivity contribution >= 4 is 0 Å². The van der Waals surface area contributed by atoms with Crippen molar-refractivity contribution in [1.82, 2.24) is 0 Å². The first-order valence-corrected chi connectivity index (χ1v) is 7.22. The molecule has 0 aromatic heterocycles. The van der Waals surface area contributed by atoms with E-state index in [9.17, 15) is 0 Å². The first-order chi connectivity index (χ1) is 8.07. The maximum atomic E-state index is 2.44. The molecule has 0 amide bonds. The Bertz CT molecular complexity index is 399. The molecule has 0 heterocycles. The van der Waals surface area contributed by atoms with Crippen molar-refractivity contribution < 1.29 is 0 Å². The van der Waals surface area contributed by atoms with Crippen LogP contribution < -0.4 is 0 Å². The summed E-state index contributed by atoms with van der Waals surface area (Å²) in [4.78, 5) is 0. The van der Waals surface area contributed by atoms with Crippen LogP contribution in [-0.4, -0.2) is 0 Å². The van der Waals surface area contributed by atoms with Crippen molar-refractivity contribution in [2.45, 2.75) is 78.6 Å². The van der Waals surface area contributed by atoms with Gasteiger partial charge in [-0.15, -0.1) is 0 Å². The molecule has 1 rings (SSSR count). The van der Waals surface area contributed by atoms with E-state index in [1.54, 1.807) is 0 Å². The van der Waals surface area contributed by atoms with Gasteiger partial charge in [-0.05, 0) is 39.9 Å². The third-order valence-corrected chi connectivity index (χ3v) is 3.87. The smallest absolute Gasteiger partial charge is 0.0129 e.